The van der Waals surface area contributed by atoms with Gasteiger partial charge in [-0.3, -0.25) is 9.69 Å². The maximum Gasteiger partial charge on any atom is 0.239 e. The highest BCUT2D eigenvalue weighted by Gasteiger charge is 2.28. The van der Waals surface area contributed by atoms with Crippen molar-refractivity contribution in [1.82, 2.24) is 15.1 Å². The van der Waals surface area contributed by atoms with Crippen molar-refractivity contribution in [3.8, 4) is 0 Å². The van der Waals surface area contributed by atoms with Crippen LogP contribution >= 0.6 is 0 Å². The predicted molar refractivity (Wildman–Crippen MR) is 70.5 cm³/mol. The Morgan fingerprint density at radius 1 is 1.33 bits per heavy atom. The number of ether oxygens (including phenoxy) is 1. The Labute approximate surface area is 109 Å². The molecule has 0 aromatic carbocycles. The molecule has 18 heavy (non-hydrogen) atoms. The van der Waals surface area contributed by atoms with Crippen molar-refractivity contribution in [1.29, 1.82) is 0 Å². The molecule has 2 rings (SSSR count). The molecule has 2 fully saturated rings. The highest BCUT2D eigenvalue weighted by molar-refractivity contribution is 5.81. The molecule has 1 N–H and O–H groups in total. The maximum absolute atomic E-state index is 12.4. The van der Waals surface area contributed by atoms with E-state index in [0.717, 1.165) is 52.3 Å². The van der Waals surface area contributed by atoms with Gasteiger partial charge in [-0.2, -0.15) is 0 Å². The fourth-order valence-electron chi connectivity index (χ4n) is 2.68. The molecule has 0 aromatic heterocycles. The Bertz CT molecular complexity index is 279. The van der Waals surface area contributed by atoms with E-state index in [1.165, 1.54) is 0 Å². The Balaban J connectivity index is 1.91. The highest BCUT2D eigenvalue weighted by Crippen LogP contribution is 2.11. The average molecular weight is 255 g/mol. The third kappa shape index (κ3) is 3.43. The molecule has 0 spiro atoms. The van der Waals surface area contributed by atoms with Crippen LogP contribution < -0.4 is 5.32 Å². The molecule has 2 saturated heterocycles. The number of nitrogens with zero attached hydrogens (tertiary/aromatic N) is 2. The Morgan fingerprint density at radius 2 is 2.06 bits per heavy atom. The predicted octanol–water partition coefficient (Wildman–Crippen LogP) is -0.0825. The molecule has 0 saturated carbocycles. The minimum Gasteiger partial charge on any atom is -0.377 e. The summed E-state index contributed by atoms with van der Waals surface area (Å²) in [6, 6.07) is -0.0211. The van der Waals surface area contributed by atoms with E-state index < -0.39 is 0 Å². The molecule has 1 amide bonds. The Morgan fingerprint density at radius 3 is 2.78 bits per heavy atom. The van der Waals surface area contributed by atoms with Gasteiger partial charge in [-0.15, -0.1) is 0 Å². The number of nitrogens with one attached hydrogen (secondary N) is 1. The number of carbonyl (C=O) groups excluding carboxylic acids is 1. The zero-order valence-corrected chi connectivity index (χ0v) is 11.5. The van der Waals surface area contributed by atoms with Crippen molar-refractivity contribution in [2.45, 2.75) is 32.4 Å². The Hall–Kier alpha value is -0.650. The lowest BCUT2D eigenvalue weighted by Crippen LogP contribution is -2.53. The Kier molecular flexibility index (Phi) is 4.97. The van der Waals surface area contributed by atoms with E-state index in [9.17, 15) is 4.79 Å². The first-order valence-corrected chi connectivity index (χ1v) is 7.03. The van der Waals surface area contributed by atoms with Gasteiger partial charge in [-0.05, 0) is 20.3 Å². The summed E-state index contributed by atoms with van der Waals surface area (Å²) < 4.78 is 5.63. The standard InChI is InChI=1S/C13H25N3O2/c1-11-10-16(6-3-9-18-11)12(2)13(17)15-7-4-14-5-8-15/h11-12,14H,3-10H2,1-2H3. The average Bonchev–Trinajstić information content (AvgIpc) is 2.63. The summed E-state index contributed by atoms with van der Waals surface area (Å²) in [7, 11) is 0. The van der Waals surface area contributed by atoms with Crippen LogP contribution in [0.15, 0.2) is 0 Å². The summed E-state index contributed by atoms with van der Waals surface area (Å²) in [5.41, 5.74) is 0. The summed E-state index contributed by atoms with van der Waals surface area (Å²) >= 11 is 0. The molecule has 5 heteroatoms. The van der Waals surface area contributed by atoms with Gasteiger partial charge in [0.25, 0.3) is 0 Å². The van der Waals surface area contributed by atoms with Crippen molar-refractivity contribution in [2.75, 3.05) is 45.9 Å². The van der Waals surface area contributed by atoms with Gasteiger partial charge in [0.15, 0.2) is 0 Å². The van der Waals surface area contributed by atoms with Crippen LogP contribution in [0.5, 0.6) is 0 Å². The number of amides is 1. The van der Waals surface area contributed by atoms with Crippen LogP contribution in [0.25, 0.3) is 0 Å². The third-order valence-electron chi connectivity index (χ3n) is 3.82. The molecule has 0 radical (unpaired) electrons. The van der Waals surface area contributed by atoms with Crippen molar-refractivity contribution < 1.29 is 9.53 Å². The summed E-state index contributed by atoms with van der Waals surface area (Å²) in [6.07, 6.45) is 1.24. The molecular formula is C13H25N3O2. The van der Waals surface area contributed by atoms with Crippen LogP contribution in [0.1, 0.15) is 20.3 Å². The zero-order chi connectivity index (χ0) is 13.0. The van der Waals surface area contributed by atoms with Crippen LogP contribution in [0.4, 0.5) is 0 Å². The molecule has 5 nitrogen and oxygen atoms in total. The third-order valence-corrected chi connectivity index (χ3v) is 3.82. The molecule has 2 atom stereocenters. The molecule has 2 heterocycles. The zero-order valence-electron chi connectivity index (χ0n) is 11.5. The topological polar surface area (TPSA) is 44.8 Å². The summed E-state index contributed by atoms with van der Waals surface area (Å²) in [5, 5.41) is 3.28. The normalized spacial score (nSPS) is 28.8. The number of piperazine rings is 1. The quantitative estimate of drug-likeness (QED) is 0.749. The molecule has 2 aliphatic heterocycles. The lowest BCUT2D eigenvalue weighted by Gasteiger charge is -2.34. The van der Waals surface area contributed by atoms with Crippen LogP contribution in [0, 0.1) is 0 Å². The van der Waals surface area contributed by atoms with E-state index >= 15 is 0 Å². The lowest BCUT2D eigenvalue weighted by molar-refractivity contribution is -0.137. The van der Waals surface area contributed by atoms with Crippen LogP contribution in [-0.2, 0) is 9.53 Å². The smallest absolute Gasteiger partial charge is 0.239 e. The fourth-order valence-corrected chi connectivity index (χ4v) is 2.68. The minimum absolute atomic E-state index is 0.0211. The molecule has 104 valence electrons. The first-order chi connectivity index (χ1) is 8.68. The summed E-state index contributed by atoms with van der Waals surface area (Å²) in [5.74, 6) is 0.269. The molecule has 0 aliphatic carbocycles. The summed E-state index contributed by atoms with van der Waals surface area (Å²) in [4.78, 5) is 16.7. The molecule has 0 bridgehead atoms. The van der Waals surface area contributed by atoms with Gasteiger partial charge in [0.2, 0.25) is 5.91 Å². The molecule has 0 aromatic rings. The van der Waals surface area contributed by atoms with Crippen molar-refractivity contribution in [3.05, 3.63) is 0 Å². The number of hydrogen-bond acceptors (Lipinski definition) is 4. The fraction of sp³-hybridized carbons (Fsp3) is 0.923. The van der Waals surface area contributed by atoms with Crippen LogP contribution in [0.3, 0.4) is 0 Å². The van der Waals surface area contributed by atoms with Crippen molar-refractivity contribution in [2.24, 2.45) is 0 Å². The van der Waals surface area contributed by atoms with Gasteiger partial charge in [0, 0.05) is 45.9 Å². The largest absolute Gasteiger partial charge is 0.377 e. The van der Waals surface area contributed by atoms with Gasteiger partial charge in [-0.1, -0.05) is 0 Å². The van der Waals surface area contributed by atoms with Gasteiger partial charge < -0.3 is 15.0 Å². The minimum atomic E-state index is -0.0211. The van der Waals surface area contributed by atoms with E-state index in [1.54, 1.807) is 0 Å². The van der Waals surface area contributed by atoms with Gasteiger partial charge in [0.05, 0.1) is 12.1 Å². The van der Waals surface area contributed by atoms with Gasteiger partial charge >= 0.3 is 0 Å². The second kappa shape index (κ2) is 6.50. The van der Waals surface area contributed by atoms with E-state index in [0.29, 0.717) is 0 Å². The van der Waals surface area contributed by atoms with Crippen molar-refractivity contribution in [3.63, 3.8) is 0 Å². The highest BCUT2D eigenvalue weighted by atomic mass is 16.5. The van der Waals surface area contributed by atoms with Crippen molar-refractivity contribution >= 4 is 5.91 Å². The van der Waals surface area contributed by atoms with E-state index in [4.69, 9.17) is 4.74 Å². The summed E-state index contributed by atoms with van der Waals surface area (Å²) in [6.45, 7) is 10.2. The second-order valence-corrected chi connectivity index (χ2v) is 5.28. The first-order valence-electron chi connectivity index (χ1n) is 7.03. The number of hydrogen-bond donors (Lipinski definition) is 1. The van der Waals surface area contributed by atoms with Gasteiger partial charge in [0.1, 0.15) is 0 Å². The SMILES string of the molecule is CC1CN(C(C)C(=O)N2CCNCC2)CCCO1. The monoisotopic (exact) mass is 255 g/mol. The second-order valence-electron chi connectivity index (χ2n) is 5.28. The van der Waals surface area contributed by atoms with Gasteiger partial charge in [-0.25, -0.2) is 0 Å². The lowest BCUT2D eigenvalue weighted by atomic mass is 10.2. The van der Waals surface area contributed by atoms with E-state index in [-0.39, 0.29) is 18.1 Å². The molecular weight excluding hydrogens is 230 g/mol. The van der Waals surface area contributed by atoms with E-state index in [2.05, 4.69) is 17.1 Å². The maximum atomic E-state index is 12.4. The number of rotatable bonds is 2. The van der Waals surface area contributed by atoms with Crippen LogP contribution in [0.2, 0.25) is 0 Å². The van der Waals surface area contributed by atoms with E-state index in [1.807, 2.05) is 11.8 Å². The molecule has 2 unspecified atom stereocenters. The van der Waals surface area contributed by atoms with Crippen LogP contribution in [-0.4, -0.2) is 73.7 Å². The molecule has 2 aliphatic rings. The first kappa shape index (κ1) is 13.8. The number of carbonyl (C=O) groups is 1.